The first-order valence-electron chi connectivity index (χ1n) is 7.70. The molecule has 0 aromatic heterocycles. The Kier molecular flexibility index (Phi) is 3.79. The largest absolute Gasteiger partial charge is 0.480 e. The fraction of sp³-hybridized carbons (Fsp3) is 0.588. The molecule has 1 aromatic rings. The van der Waals surface area contributed by atoms with Crippen LogP contribution in [0.1, 0.15) is 43.7 Å². The van der Waals surface area contributed by atoms with Gasteiger partial charge in [0.25, 0.3) is 0 Å². The number of benzene rings is 1. The Bertz CT molecular complexity index is 500. The summed E-state index contributed by atoms with van der Waals surface area (Å²) in [6.45, 7) is 3.09. The third kappa shape index (κ3) is 2.59. The van der Waals surface area contributed by atoms with Gasteiger partial charge in [0, 0.05) is 12.6 Å². The highest BCUT2D eigenvalue weighted by Gasteiger charge is 2.36. The maximum absolute atomic E-state index is 11.7. The van der Waals surface area contributed by atoms with Gasteiger partial charge in [-0.1, -0.05) is 44.0 Å². The smallest absolute Gasteiger partial charge is 0.321 e. The van der Waals surface area contributed by atoms with Crippen molar-refractivity contribution in [1.82, 2.24) is 4.90 Å². The second-order valence-electron chi connectivity index (χ2n) is 6.42. The van der Waals surface area contributed by atoms with E-state index in [0.29, 0.717) is 12.5 Å². The molecule has 20 heavy (non-hydrogen) atoms. The topological polar surface area (TPSA) is 40.5 Å². The van der Waals surface area contributed by atoms with Gasteiger partial charge in [0.05, 0.1) is 0 Å². The molecule has 0 bridgehead atoms. The van der Waals surface area contributed by atoms with E-state index in [4.69, 9.17) is 0 Å². The van der Waals surface area contributed by atoms with E-state index in [9.17, 15) is 9.90 Å². The molecular formula is C17H23NO2. The first-order valence-corrected chi connectivity index (χ1v) is 7.70. The Labute approximate surface area is 120 Å². The van der Waals surface area contributed by atoms with Crippen LogP contribution in [0.5, 0.6) is 0 Å². The highest BCUT2D eigenvalue weighted by molar-refractivity contribution is 5.74. The highest BCUT2D eigenvalue weighted by atomic mass is 16.4. The molecule has 0 radical (unpaired) electrons. The number of carboxylic acid groups (broad SMARTS) is 1. The van der Waals surface area contributed by atoms with Crippen molar-refractivity contribution in [2.75, 3.05) is 0 Å². The minimum Gasteiger partial charge on any atom is -0.480 e. The lowest BCUT2D eigenvalue weighted by Gasteiger charge is -2.42. The molecule has 1 heterocycles. The molecule has 3 nitrogen and oxygen atoms in total. The van der Waals surface area contributed by atoms with Crippen molar-refractivity contribution in [1.29, 1.82) is 0 Å². The zero-order chi connectivity index (χ0) is 14.1. The maximum atomic E-state index is 11.7. The van der Waals surface area contributed by atoms with Gasteiger partial charge in [-0.05, 0) is 36.3 Å². The number of carbonyl (C=O) groups is 1. The van der Waals surface area contributed by atoms with Gasteiger partial charge in [0.1, 0.15) is 6.04 Å². The van der Waals surface area contributed by atoms with Crippen LogP contribution in [0, 0.1) is 5.92 Å². The van der Waals surface area contributed by atoms with Crippen molar-refractivity contribution in [3.05, 3.63) is 35.4 Å². The Balaban J connectivity index is 1.86. The van der Waals surface area contributed by atoms with Gasteiger partial charge in [-0.15, -0.1) is 0 Å². The summed E-state index contributed by atoms with van der Waals surface area (Å²) in [5.41, 5.74) is 2.52. The molecule has 0 saturated heterocycles. The maximum Gasteiger partial charge on any atom is 0.321 e. The number of aliphatic carboxylic acids is 1. The molecule has 1 N–H and O–H groups in total. The molecule has 108 valence electrons. The number of hydrogen-bond donors (Lipinski definition) is 1. The van der Waals surface area contributed by atoms with Crippen molar-refractivity contribution >= 4 is 5.97 Å². The summed E-state index contributed by atoms with van der Waals surface area (Å²) in [5.74, 6) is 0.0538. The average Bonchev–Trinajstić information content (AvgIpc) is 2.46. The first kappa shape index (κ1) is 13.6. The van der Waals surface area contributed by atoms with Crippen LogP contribution in [-0.4, -0.2) is 28.1 Å². The van der Waals surface area contributed by atoms with Crippen LogP contribution in [0.15, 0.2) is 24.3 Å². The molecule has 0 spiro atoms. The van der Waals surface area contributed by atoms with Gasteiger partial charge in [-0.25, -0.2) is 0 Å². The van der Waals surface area contributed by atoms with Gasteiger partial charge < -0.3 is 5.11 Å². The lowest BCUT2D eigenvalue weighted by molar-refractivity contribution is -0.145. The van der Waals surface area contributed by atoms with E-state index in [-0.39, 0.29) is 6.04 Å². The van der Waals surface area contributed by atoms with Crippen LogP contribution in [0.4, 0.5) is 0 Å². The Morgan fingerprint density at radius 2 is 2.00 bits per heavy atom. The van der Waals surface area contributed by atoms with Crippen molar-refractivity contribution in [2.45, 2.75) is 57.7 Å². The normalized spacial score (nSPS) is 30.8. The van der Waals surface area contributed by atoms with Crippen molar-refractivity contribution in [3.8, 4) is 0 Å². The molecule has 1 saturated carbocycles. The average molecular weight is 273 g/mol. The molecule has 3 atom stereocenters. The summed E-state index contributed by atoms with van der Waals surface area (Å²) in [7, 11) is 0. The zero-order valence-corrected chi connectivity index (χ0v) is 12.1. The second-order valence-corrected chi connectivity index (χ2v) is 6.42. The van der Waals surface area contributed by atoms with Crippen LogP contribution in [0.2, 0.25) is 0 Å². The Morgan fingerprint density at radius 3 is 2.70 bits per heavy atom. The van der Waals surface area contributed by atoms with Crippen molar-refractivity contribution in [2.24, 2.45) is 5.92 Å². The highest BCUT2D eigenvalue weighted by Crippen LogP contribution is 2.33. The first-order chi connectivity index (χ1) is 9.65. The molecule has 3 heteroatoms. The second kappa shape index (κ2) is 5.57. The van der Waals surface area contributed by atoms with E-state index < -0.39 is 5.97 Å². The molecule has 3 rings (SSSR count). The van der Waals surface area contributed by atoms with Crippen LogP contribution >= 0.6 is 0 Å². The predicted molar refractivity (Wildman–Crippen MR) is 78.5 cm³/mol. The fourth-order valence-electron chi connectivity index (χ4n) is 3.86. The summed E-state index contributed by atoms with van der Waals surface area (Å²) >= 11 is 0. The van der Waals surface area contributed by atoms with Gasteiger partial charge in [-0.3, -0.25) is 9.69 Å². The van der Waals surface area contributed by atoms with Crippen LogP contribution in [0.25, 0.3) is 0 Å². The third-order valence-corrected chi connectivity index (χ3v) is 4.95. The molecule has 2 aliphatic rings. The van der Waals surface area contributed by atoms with Crippen LogP contribution in [0.3, 0.4) is 0 Å². The van der Waals surface area contributed by atoms with Gasteiger partial charge in [0.15, 0.2) is 0 Å². The fourth-order valence-corrected chi connectivity index (χ4v) is 3.86. The predicted octanol–water partition coefficient (Wildman–Crippen LogP) is 3.08. The van der Waals surface area contributed by atoms with E-state index in [0.717, 1.165) is 25.3 Å². The Morgan fingerprint density at radius 1 is 1.25 bits per heavy atom. The minimum absolute atomic E-state index is 0.347. The molecule has 1 aromatic carbocycles. The van der Waals surface area contributed by atoms with E-state index in [1.54, 1.807) is 0 Å². The molecule has 1 aliphatic carbocycles. The van der Waals surface area contributed by atoms with Crippen LogP contribution < -0.4 is 0 Å². The molecule has 0 amide bonds. The van der Waals surface area contributed by atoms with E-state index in [2.05, 4.69) is 30.0 Å². The SMILES string of the molecule is CC1CCCC(N2Cc3ccccc3C[C@H]2C(=O)O)C1. The minimum atomic E-state index is -0.669. The Hall–Kier alpha value is -1.35. The molecule has 1 aliphatic heterocycles. The number of hydrogen-bond acceptors (Lipinski definition) is 2. The van der Waals surface area contributed by atoms with Gasteiger partial charge in [-0.2, -0.15) is 0 Å². The molecule has 1 fully saturated rings. The van der Waals surface area contributed by atoms with Gasteiger partial charge in [0.2, 0.25) is 0 Å². The van der Waals surface area contributed by atoms with E-state index in [1.807, 2.05) is 6.07 Å². The van der Waals surface area contributed by atoms with E-state index >= 15 is 0 Å². The van der Waals surface area contributed by atoms with Crippen molar-refractivity contribution < 1.29 is 9.90 Å². The number of carboxylic acids is 1. The number of fused-ring (bicyclic) bond motifs is 1. The molecular weight excluding hydrogens is 250 g/mol. The van der Waals surface area contributed by atoms with Crippen LogP contribution in [-0.2, 0) is 17.8 Å². The monoisotopic (exact) mass is 273 g/mol. The zero-order valence-electron chi connectivity index (χ0n) is 12.1. The summed E-state index contributed by atoms with van der Waals surface area (Å²) in [4.78, 5) is 13.9. The molecule has 2 unspecified atom stereocenters. The number of rotatable bonds is 2. The number of nitrogens with zero attached hydrogens (tertiary/aromatic N) is 1. The van der Waals surface area contributed by atoms with Crippen molar-refractivity contribution in [3.63, 3.8) is 0 Å². The van der Waals surface area contributed by atoms with Gasteiger partial charge >= 0.3 is 5.97 Å². The summed E-state index contributed by atoms with van der Waals surface area (Å²) in [6, 6.07) is 8.38. The summed E-state index contributed by atoms with van der Waals surface area (Å²) in [5, 5.41) is 9.59. The third-order valence-electron chi connectivity index (χ3n) is 4.95. The standard InChI is InChI=1S/C17H23NO2/c1-12-5-4-8-15(9-12)18-11-14-7-3-2-6-13(14)10-16(18)17(19)20/h2-3,6-7,12,15-16H,4-5,8-11H2,1H3,(H,19,20)/t12?,15?,16-/m0/s1. The quantitative estimate of drug-likeness (QED) is 0.900. The lowest BCUT2D eigenvalue weighted by Crippen LogP contribution is -2.51. The lowest BCUT2D eigenvalue weighted by atomic mass is 9.83. The van der Waals surface area contributed by atoms with E-state index in [1.165, 1.54) is 24.0 Å². The summed E-state index contributed by atoms with van der Waals surface area (Å²) in [6.07, 6.45) is 5.47. The summed E-state index contributed by atoms with van der Waals surface area (Å²) < 4.78 is 0.